The largest absolute Gasteiger partial charge is 0.368 e. The molecule has 0 aliphatic carbocycles. The molecular weight excluding hydrogens is 416 g/mol. The number of thiophene rings is 1. The van der Waals surface area contributed by atoms with Gasteiger partial charge in [0, 0.05) is 37.3 Å². The van der Waals surface area contributed by atoms with Gasteiger partial charge in [0.2, 0.25) is 0 Å². The van der Waals surface area contributed by atoms with Crippen LogP contribution in [0.4, 0.5) is 5.69 Å². The van der Waals surface area contributed by atoms with Gasteiger partial charge in [-0.15, -0.1) is 11.3 Å². The van der Waals surface area contributed by atoms with Crippen LogP contribution in [0.1, 0.15) is 32.1 Å². The third kappa shape index (κ3) is 3.48. The van der Waals surface area contributed by atoms with Crippen LogP contribution in [-0.2, 0) is 0 Å². The Labute approximate surface area is 192 Å². The lowest BCUT2D eigenvalue weighted by Crippen LogP contribution is -2.48. The van der Waals surface area contributed by atoms with E-state index in [1.165, 1.54) is 22.4 Å². The van der Waals surface area contributed by atoms with E-state index in [0.717, 1.165) is 52.7 Å². The molecule has 0 N–H and O–H groups in total. The molecule has 5 nitrogen and oxygen atoms in total. The monoisotopic (exact) mass is 444 g/mol. The Morgan fingerprint density at radius 3 is 2.31 bits per heavy atom. The van der Waals surface area contributed by atoms with Gasteiger partial charge in [-0.3, -0.25) is 4.79 Å². The predicted molar refractivity (Wildman–Crippen MR) is 132 cm³/mol. The first-order chi connectivity index (χ1) is 15.4. The van der Waals surface area contributed by atoms with Crippen molar-refractivity contribution in [3.8, 4) is 5.69 Å². The molecule has 5 rings (SSSR count). The van der Waals surface area contributed by atoms with Crippen LogP contribution in [0.5, 0.6) is 0 Å². The van der Waals surface area contributed by atoms with Gasteiger partial charge in [0.1, 0.15) is 4.83 Å². The lowest BCUT2D eigenvalue weighted by molar-refractivity contribution is 0.0751. The molecule has 1 amide bonds. The third-order valence-corrected chi connectivity index (χ3v) is 7.68. The number of amides is 1. The van der Waals surface area contributed by atoms with Crippen LogP contribution < -0.4 is 4.90 Å². The molecule has 6 heteroatoms. The van der Waals surface area contributed by atoms with Crippen LogP contribution in [0.2, 0.25) is 0 Å². The second kappa shape index (κ2) is 8.10. The van der Waals surface area contributed by atoms with Gasteiger partial charge < -0.3 is 9.80 Å². The molecule has 4 aromatic rings. The predicted octanol–water partition coefficient (Wildman–Crippen LogP) is 5.28. The highest BCUT2D eigenvalue weighted by Crippen LogP contribution is 2.32. The maximum atomic E-state index is 13.3. The van der Waals surface area contributed by atoms with Crippen molar-refractivity contribution in [2.24, 2.45) is 0 Å². The van der Waals surface area contributed by atoms with Crippen LogP contribution in [0.3, 0.4) is 0 Å². The Morgan fingerprint density at radius 1 is 0.875 bits per heavy atom. The second-order valence-corrected chi connectivity index (χ2v) is 9.64. The van der Waals surface area contributed by atoms with Crippen LogP contribution in [0, 0.1) is 27.7 Å². The summed E-state index contributed by atoms with van der Waals surface area (Å²) in [6, 6.07) is 16.7. The zero-order valence-corrected chi connectivity index (χ0v) is 19.9. The quantitative estimate of drug-likeness (QED) is 0.432. The maximum Gasteiger partial charge on any atom is 0.264 e. The van der Waals surface area contributed by atoms with Crippen molar-refractivity contribution in [1.82, 2.24) is 14.7 Å². The second-order valence-electron chi connectivity index (χ2n) is 8.61. The Balaban J connectivity index is 1.37. The summed E-state index contributed by atoms with van der Waals surface area (Å²) in [5.74, 6) is 0.127. The molecule has 0 spiro atoms. The average Bonchev–Trinajstić information content (AvgIpc) is 3.36. The molecule has 3 heterocycles. The van der Waals surface area contributed by atoms with Gasteiger partial charge in [-0.2, -0.15) is 5.10 Å². The third-order valence-electron chi connectivity index (χ3n) is 6.58. The summed E-state index contributed by atoms with van der Waals surface area (Å²) in [6.45, 7) is 11.6. The molecule has 0 atom stereocenters. The van der Waals surface area contributed by atoms with E-state index in [1.54, 1.807) is 11.3 Å². The highest BCUT2D eigenvalue weighted by atomic mass is 32.1. The fraction of sp³-hybridized carbons (Fsp3) is 0.308. The Morgan fingerprint density at radius 2 is 1.56 bits per heavy atom. The Hall–Kier alpha value is -3.12. The number of piperazine rings is 1. The summed E-state index contributed by atoms with van der Waals surface area (Å²) in [5, 5.41) is 5.81. The Kier molecular flexibility index (Phi) is 5.25. The van der Waals surface area contributed by atoms with E-state index >= 15 is 0 Å². The summed E-state index contributed by atoms with van der Waals surface area (Å²) in [5.41, 5.74) is 7.11. The van der Waals surface area contributed by atoms with Gasteiger partial charge in [0.25, 0.3) is 5.91 Å². The van der Waals surface area contributed by atoms with E-state index in [1.807, 2.05) is 34.7 Å². The van der Waals surface area contributed by atoms with Crippen molar-refractivity contribution in [2.45, 2.75) is 27.7 Å². The molecule has 1 saturated heterocycles. The van der Waals surface area contributed by atoms with Crippen molar-refractivity contribution in [1.29, 1.82) is 0 Å². The maximum absolute atomic E-state index is 13.3. The number of anilines is 1. The highest BCUT2D eigenvalue weighted by Gasteiger charge is 2.26. The van der Waals surface area contributed by atoms with E-state index in [4.69, 9.17) is 5.10 Å². The molecule has 0 unspecified atom stereocenters. The molecule has 0 radical (unpaired) electrons. The topological polar surface area (TPSA) is 41.4 Å². The van der Waals surface area contributed by atoms with Gasteiger partial charge in [-0.25, -0.2) is 4.68 Å². The standard InChI is InChI=1S/C26H28N4OS/c1-17-9-7-11-23(19(17)3)28-12-14-29(15-13-28)25(31)24-16-21-20(4)27-30(26(21)32-24)22-10-6-5-8-18(22)2/h5-11,16H,12-15H2,1-4H3. The van der Waals surface area contributed by atoms with Crippen LogP contribution in [0.25, 0.3) is 15.9 Å². The SMILES string of the molecule is Cc1ccccc1-n1nc(C)c2cc(C(=O)N3CCN(c4cccc(C)c4C)CC3)sc21. The van der Waals surface area contributed by atoms with Crippen molar-refractivity contribution in [3.05, 3.63) is 75.8 Å². The number of benzene rings is 2. The molecule has 1 fully saturated rings. The van der Waals surface area contributed by atoms with Gasteiger partial charge in [-0.05, 0) is 62.6 Å². The van der Waals surface area contributed by atoms with Crippen molar-refractivity contribution < 1.29 is 4.79 Å². The van der Waals surface area contributed by atoms with E-state index in [0.29, 0.717) is 0 Å². The fourth-order valence-corrected chi connectivity index (χ4v) is 5.65. The average molecular weight is 445 g/mol. The van der Waals surface area contributed by atoms with Crippen molar-refractivity contribution in [2.75, 3.05) is 31.1 Å². The summed E-state index contributed by atoms with van der Waals surface area (Å²) >= 11 is 1.55. The Bertz CT molecular complexity index is 1310. The van der Waals surface area contributed by atoms with Gasteiger partial charge in [-0.1, -0.05) is 30.3 Å². The first-order valence-corrected chi connectivity index (χ1v) is 11.9. The number of aromatic nitrogens is 2. The number of para-hydroxylation sites is 1. The summed E-state index contributed by atoms with van der Waals surface area (Å²) in [6.07, 6.45) is 0. The number of nitrogens with zero attached hydrogens (tertiary/aromatic N) is 4. The number of carbonyl (C=O) groups excluding carboxylic acids is 1. The minimum atomic E-state index is 0.127. The minimum absolute atomic E-state index is 0.127. The van der Waals surface area contributed by atoms with Crippen LogP contribution >= 0.6 is 11.3 Å². The molecule has 2 aromatic carbocycles. The highest BCUT2D eigenvalue weighted by molar-refractivity contribution is 7.20. The lowest BCUT2D eigenvalue weighted by atomic mass is 10.1. The molecule has 1 aliphatic rings. The number of hydrogen-bond acceptors (Lipinski definition) is 4. The molecule has 32 heavy (non-hydrogen) atoms. The molecule has 0 saturated carbocycles. The number of hydrogen-bond donors (Lipinski definition) is 0. The minimum Gasteiger partial charge on any atom is -0.368 e. The van der Waals surface area contributed by atoms with Crippen molar-refractivity contribution in [3.63, 3.8) is 0 Å². The first kappa shape index (κ1) is 20.8. The van der Waals surface area contributed by atoms with E-state index < -0.39 is 0 Å². The fourth-order valence-electron chi connectivity index (χ4n) is 4.50. The van der Waals surface area contributed by atoms with Crippen LogP contribution in [-0.4, -0.2) is 46.8 Å². The van der Waals surface area contributed by atoms with Crippen molar-refractivity contribution >= 4 is 33.1 Å². The molecule has 0 bridgehead atoms. The molecule has 164 valence electrons. The van der Waals surface area contributed by atoms with Crippen LogP contribution in [0.15, 0.2) is 48.5 Å². The van der Waals surface area contributed by atoms with Gasteiger partial charge in [0.05, 0.1) is 16.3 Å². The van der Waals surface area contributed by atoms with Gasteiger partial charge in [0.15, 0.2) is 0 Å². The number of fused-ring (bicyclic) bond motifs is 1. The smallest absolute Gasteiger partial charge is 0.264 e. The molecule has 2 aromatic heterocycles. The molecular formula is C26H28N4OS. The molecule has 1 aliphatic heterocycles. The van der Waals surface area contributed by atoms with E-state index in [2.05, 4.69) is 56.0 Å². The lowest BCUT2D eigenvalue weighted by Gasteiger charge is -2.36. The number of carbonyl (C=O) groups is 1. The zero-order valence-electron chi connectivity index (χ0n) is 19.1. The summed E-state index contributed by atoms with van der Waals surface area (Å²) in [7, 11) is 0. The van der Waals surface area contributed by atoms with Gasteiger partial charge >= 0.3 is 0 Å². The first-order valence-electron chi connectivity index (χ1n) is 11.1. The number of rotatable bonds is 3. The summed E-state index contributed by atoms with van der Waals surface area (Å²) < 4.78 is 1.99. The summed E-state index contributed by atoms with van der Waals surface area (Å²) in [4.78, 5) is 19.6. The number of aryl methyl sites for hydroxylation is 3. The van der Waals surface area contributed by atoms with E-state index in [9.17, 15) is 4.79 Å². The van der Waals surface area contributed by atoms with E-state index in [-0.39, 0.29) is 5.91 Å². The zero-order chi connectivity index (χ0) is 22.4. The normalized spacial score (nSPS) is 14.4.